The molecule has 0 unspecified atom stereocenters. The van der Waals surface area contributed by atoms with Gasteiger partial charge in [-0.2, -0.15) is 0 Å². The van der Waals surface area contributed by atoms with Gasteiger partial charge in [0.2, 0.25) is 5.91 Å². The van der Waals surface area contributed by atoms with E-state index in [1.54, 1.807) is 31.3 Å². The van der Waals surface area contributed by atoms with E-state index in [1.165, 1.54) is 0 Å². The molecule has 0 fully saturated rings. The molecule has 190 valence electrons. The molecule has 3 aromatic rings. The first-order valence-corrected chi connectivity index (χ1v) is 12.1. The van der Waals surface area contributed by atoms with Gasteiger partial charge in [-0.25, -0.2) is 0 Å². The number of ether oxygens (including phenoxy) is 3. The first-order valence-electron chi connectivity index (χ1n) is 12.1. The van der Waals surface area contributed by atoms with Gasteiger partial charge in [0.1, 0.15) is 11.8 Å². The van der Waals surface area contributed by atoms with Crippen molar-refractivity contribution in [2.45, 2.75) is 32.4 Å². The lowest BCUT2D eigenvalue weighted by Gasteiger charge is -2.31. The molecule has 0 aliphatic carbocycles. The van der Waals surface area contributed by atoms with E-state index in [2.05, 4.69) is 5.32 Å². The Kier molecular flexibility index (Phi) is 10.2. The van der Waals surface area contributed by atoms with Gasteiger partial charge in [0.05, 0.1) is 14.2 Å². The maximum atomic E-state index is 13.6. The Morgan fingerprint density at radius 3 is 2.25 bits per heavy atom. The smallest absolute Gasteiger partial charge is 0.261 e. The van der Waals surface area contributed by atoms with Gasteiger partial charge in [0.25, 0.3) is 5.91 Å². The molecular formula is C29H34N2O5. The van der Waals surface area contributed by atoms with Crippen LogP contribution in [0.5, 0.6) is 17.2 Å². The number of nitrogens with one attached hydrogen (secondary N) is 1. The van der Waals surface area contributed by atoms with Crippen molar-refractivity contribution >= 4 is 11.8 Å². The second-order valence-electron chi connectivity index (χ2n) is 8.31. The molecule has 1 N–H and O–H groups in total. The predicted molar refractivity (Wildman–Crippen MR) is 139 cm³/mol. The van der Waals surface area contributed by atoms with E-state index >= 15 is 0 Å². The fourth-order valence-corrected chi connectivity index (χ4v) is 3.85. The van der Waals surface area contributed by atoms with Crippen molar-refractivity contribution in [3.8, 4) is 17.2 Å². The Balaban J connectivity index is 1.92. The molecule has 7 nitrogen and oxygen atoms in total. The zero-order chi connectivity index (χ0) is 25.8. The summed E-state index contributed by atoms with van der Waals surface area (Å²) in [6.07, 6.45) is 1.17. The Bertz CT molecular complexity index is 1120. The molecule has 0 aromatic heterocycles. The lowest BCUT2D eigenvalue weighted by Crippen LogP contribution is -2.51. The number of amides is 2. The molecule has 3 aromatic carbocycles. The highest BCUT2D eigenvalue weighted by Gasteiger charge is 2.30. The lowest BCUT2D eigenvalue weighted by molar-refractivity contribution is -0.142. The summed E-state index contributed by atoms with van der Waals surface area (Å²) >= 11 is 0. The number of para-hydroxylation sites is 2. The molecule has 0 saturated carbocycles. The predicted octanol–water partition coefficient (Wildman–Crippen LogP) is 4.25. The fourth-order valence-electron chi connectivity index (χ4n) is 3.85. The highest BCUT2D eigenvalue weighted by molar-refractivity contribution is 5.88. The second-order valence-corrected chi connectivity index (χ2v) is 8.31. The third-order valence-corrected chi connectivity index (χ3v) is 5.73. The van der Waals surface area contributed by atoms with Gasteiger partial charge < -0.3 is 24.4 Å². The first kappa shape index (κ1) is 26.6. The van der Waals surface area contributed by atoms with Crippen molar-refractivity contribution in [2.75, 3.05) is 27.4 Å². The highest BCUT2D eigenvalue weighted by atomic mass is 16.5. The van der Waals surface area contributed by atoms with Crippen molar-refractivity contribution in [1.29, 1.82) is 0 Å². The zero-order valence-corrected chi connectivity index (χ0v) is 21.1. The van der Waals surface area contributed by atoms with Crippen LogP contribution < -0.4 is 19.5 Å². The van der Waals surface area contributed by atoms with Crippen LogP contribution in [0.15, 0.2) is 78.9 Å². The number of benzene rings is 3. The topological polar surface area (TPSA) is 77.1 Å². The summed E-state index contributed by atoms with van der Waals surface area (Å²) in [5.41, 5.74) is 1.81. The van der Waals surface area contributed by atoms with Gasteiger partial charge >= 0.3 is 0 Å². The number of carbonyl (C=O) groups excluding carboxylic acids is 2. The van der Waals surface area contributed by atoms with E-state index in [0.29, 0.717) is 30.2 Å². The summed E-state index contributed by atoms with van der Waals surface area (Å²) in [5, 5.41) is 2.97. The first-order chi connectivity index (χ1) is 17.5. The van der Waals surface area contributed by atoms with Crippen LogP contribution in [-0.2, 0) is 22.6 Å². The van der Waals surface area contributed by atoms with Crippen molar-refractivity contribution in [3.63, 3.8) is 0 Å². The van der Waals surface area contributed by atoms with Gasteiger partial charge in [-0.1, -0.05) is 61.5 Å². The Hall–Kier alpha value is -4.00. The Labute approximate surface area is 213 Å². The third-order valence-electron chi connectivity index (χ3n) is 5.73. The minimum atomic E-state index is -0.723. The molecular weight excluding hydrogens is 456 g/mol. The molecule has 0 heterocycles. The van der Waals surface area contributed by atoms with Crippen molar-refractivity contribution in [1.82, 2.24) is 10.2 Å². The summed E-state index contributed by atoms with van der Waals surface area (Å²) in [6.45, 7) is 2.51. The van der Waals surface area contributed by atoms with Crippen LogP contribution in [0.4, 0.5) is 0 Å². The standard InChI is InChI=1S/C29H34N2O5/c1-4-17-30-29(33)25(19-22-11-6-5-7-12-22)31(20-23-13-10-14-24(18-23)34-2)28(32)21-36-27-16-9-8-15-26(27)35-3/h5-16,18,25H,4,17,19-21H2,1-3H3,(H,30,33)/t25-/m0/s1. The van der Waals surface area contributed by atoms with E-state index in [-0.39, 0.29) is 25.0 Å². The summed E-state index contributed by atoms with van der Waals surface area (Å²) < 4.78 is 16.5. The lowest BCUT2D eigenvalue weighted by atomic mass is 10.0. The van der Waals surface area contributed by atoms with Crippen LogP contribution in [0.2, 0.25) is 0 Å². The van der Waals surface area contributed by atoms with Crippen LogP contribution in [0, 0.1) is 0 Å². The zero-order valence-electron chi connectivity index (χ0n) is 21.1. The summed E-state index contributed by atoms with van der Waals surface area (Å²) in [5.74, 6) is 1.17. The average Bonchev–Trinajstić information content (AvgIpc) is 2.93. The average molecular weight is 491 g/mol. The molecule has 1 atom stereocenters. The van der Waals surface area contributed by atoms with Gasteiger partial charge in [0, 0.05) is 19.5 Å². The Morgan fingerprint density at radius 1 is 0.861 bits per heavy atom. The SMILES string of the molecule is CCCNC(=O)[C@H](Cc1ccccc1)N(Cc1cccc(OC)c1)C(=O)COc1ccccc1OC. The summed E-state index contributed by atoms with van der Waals surface area (Å²) in [7, 11) is 3.15. The van der Waals surface area contributed by atoms with Crippen LogP contribution in [0.25, 0.3) is 0 Å². The normalized spacial score (nSPS) is 11.3. The van der Waals surface area contributed by atoms with E-state index in [1.807, 2.05) is 73.7 Å². The molecule has 0 spiro atoms. The third kappa shape index (κ3) is 7.50. The summed E-state index contributed by atoms with van der Waals surface area (Å²) in [6, 6.07) is 23.6. The number of carbonyl (C=O) groups is 2. The van der Waals surface area contributed by atoms with Crippen molar-refractivity contribution in [3.05, 3.63) is 90.0 Å². The number of nitrogens with zero attached hydrogens (tertiary/aromatic N) is 1. The number of hydrogen-bond donors (Lipinski definition) is 1. The molecule has 0 saturated heterocycles. The van der Waals surface area contributed by atoms with E-state index in [0.717, 1.165) is 17.5 Å². The van der Waals surface area contributed by atoms with E-state index in [9.17, 15) is 9.59 Å². The van der Waals surface area contributed by atoms with Crippen LogP contribution in [0.3, 0.4) is 0 Å². The molecule has 0 radical (unpaired) electrons. The number of hydrogen-bond acceptors (Lipinski definition) is 5. The van der Waals surface area contributed by atoms with Gasteiger partial charge in [-0.3, -0.25) is 9.59 Å². The number of rotatable bonds is 13. The van der Waals surface area contributed by atoms with Crippen LogP contribution in [0.1, 0.15) is 24.5 Å². The molecule has 0 aliphatic rings. The maximum absolute atomic E-state index is 13.6. The molecule has 0 aliphatic heterocycles. The molecule has 2 amide bonds. The van der Waals surface area contributed by atoms with Gasteiger partial charge in [-0.15, -0.1) is 0 Å². The minimum absolute atomic E-state index is 0.200. The Morgan fingerprint density at radius 2 is 1.56 bits per heavy atom. The van der Waals surface area contributed by atoms with Gasteiger partial charge in [-0.05, 0) is 41.8 Å². The molecule has 36 heavy (non-hydrogen) atoms. The van der Waals surface area contributed by atoms with Gasteiger partial charge in [0.15, 0.2) is 18.1 Å². The van der Waals surface area contributed by atoms with Crippen LogP contribution >= 0.6 is 0 Å². The number of methoxy groups -OCH3 is 2. The minimum Gasteiger partial charge on any atom is -0.497 e. The fraction of sp³-hybridized carbons (Fsp3) is 0.310. The monoisotopic (exact) mass is 490 g/mol. The van der Waals surface area contributed by atoms with E-state index in [4.69, 9.17) is 14.2 Å². The van der Waals surface area contributed by atoms with Crippen molar-refractivity contribution in [2.24, 2.45) is 0 Å². The van der Waals surface area contributed by atoms with Crippen molar-refractivity contribution < 1.29 is 23.8 Å². The largest absolute Gasteiger partial charge is 0.497 e. The van der Waals surface area contributed by atoms with Crippen LogP contribution in [-0.4, -0.2) is 50.1 Å². The quantitative estimate of drug-likeness (QED) is 0.388. The molecule has 7 heteroatoms. The maximum Gasteiger partial charge on any atom is 0.261 e. The molecule has 0 bridgehead atoms. The van der Waals surface area contributed by atoms with E-state index < -0.39 is 6.04 Å². The highest BCUT2D eigenvalue weighted by Crippen LogP contribution is 2.26. The second kappa shape index (κ2) is 13.8. The summed E-state index contributed by atoms with van der Waals surface area (Å²) in [4.78, 5) is 28.6. The molecule has 3 rings (SSSR count).